The minimum atomic E-state index is -0.523. The summed E-state index contributed by atoms with van der Waals surface area (Å²) in [6, 6.07) is 5.38. The van der Waals surface area contributed by atoms with Gasteiger partial charge in [0, 0.05) is 5.57 Å². The summed E-state index contributed by atoms with van der Waals surface area (Å²) in [6.45, 7) is 6.88. The lowest BCUT2D eigenvalue weighted by atomic mass is 10.1. The molecule has 0 aromatic heterocycles. The molecule has 1 aromatic carbocycles. The standard InChI is InChI=1S/C21H28O6/c1-7-14(4)20(22)26-13-15(8-2)21(23)27-17(9-3)16-10-11-18(24-5)19(12-16)25-6/h7-8,10-12,17H,9,13H2,1-6H3. The van der Waals surface area contributed by atoms with Crippen LogP contribution in [0.1, 0.15) is 45.8 Å². The van der Waals surface area contributed by atoms with Crippen molar-refractivity contribution < 1.29 is 28.5 Å². The second-order valence-electron chi connectivity index (χ2n) is 5.78. The Morgan fingerprint density at radius 3 is 2.22 bits per heavy atom. The molecule has 0 aliphatic heterocycles. The van der Waals surface area contributed by atoms with Gasteiger partial charge in [-0.15, -0.1) is 0 Å². The fraction of sp³-hybridized carbons (Fsp3) is 0.429. The first kappa shape index (κ1) is 22.3. The minimum absolute atomic E-state index is 0.137. The van der Waals surface area contributed by atoms with E-state index in [1.807, 2.05) is 13.0 Å². The molecule has 1 atom stereocenters. The van der Waals surface area contributed by atoms with Gasteiger partial charge in [-0.2, -0.15) is 0 Å². The largest absolute Gasteiger partial charge is 0.493 e. The van der Waals surface area contributed by atoms with E-state index < -0.39 is 18.0 Å². The van der Waals surface area contributed by atoms with Crippen molar-refractivity contribution in [3.8, 4) is 11.5 Å². The van der Waals surface area contributed by atoms with Crippen molar-refractivity contribution in [1.82, 2.24) is 0 Å². The highest BCUT2D eigenvalue weighted by molar-refractivity contribution is 5.91. The molecule has 148 valence electrons. The molecule has 6 heteroatoms. The number of carbonyl (C=O) groups is 2. The van der Waals surface area contributed by atoms with Gasteiger partial charge in [0.15, 0.2) is 11.5 Å². The van der Waals surface area contributed by atoms with E-state index in [1.165, 1.54) is 0 Å². The first-order valence-electron chi connectivity index (χ1n) is 8.79. The van der Waals surface area contributed by atoms with Gasteiger partial charge in [0.25, 0.3) is 0 Å². The van der Waals surface area contributed by atoms with E-state index in [0.717, 1.165) is 5.56 Å². The van der Waals surface area contributed by atoms with Gasteiger partial charge in [0.05, 0.1) is 19.8 Å². The summed E-state index contributed by atoms with van der Waals surface area (Å²) < 4.78 is 21.3. The Balaban J connectivity index is 2.86. The van der Waals surface area contributed by atoms with E-state index >= 15 is 0 Å². The lowest BCUT2D eigenvalue weighted by Gasteiger charge is -2.19. The van der Waals surface area contributed by atoms with Crippen LogP contribution in [0, 0.1) is 0 Å². The van der Waals surface area contributed by atoms with E-state index in [1.54, 1.807) is 59.3 Å². The highest BCUT2D eigenvalue weighted by Gasteiger charge is 2.20. The van der Waals surface area contributed by atoms with Crippen molar-refractivity contribution in [1.29, 1.82) is 0 Å². The zero-order valence-corrected chi connectivity index (χ0v) is 16.8. The molecule has 0 spiro atoms. The number of hydrogen-bond donors (Lipinski definition) is 0. The molecule has 0 fully saturated rings. The molecule has 0 radical (unpaired) electrons. The van der Waals surface area contributed by atoms with E-state index in [9.17, 15) is 9.59 Å². The smallest absolute Gasteiger partial charge is 0.337 e. The second-order valence-corrected chi connectivity index (χ2v) is 5.78. The third-order valence-corrected chi connectivity index (χ3v) is 4.12. The maximum absolute atomic E-state index is 12.5. The molecule has 0 aliphatic rings. The van der Waals surface area contributed by atoms with Gasteiger partial charge in [-0.25, -0.2) is 9.59 Å². The van der Waals surface area contributed by atoms with Crippen LogP contribution in [0.3, 0.4) is 0 Å². The Morgan fingerprint density at radius 2 is 1.70 bits per heavy atom. The van der Waals surface area contributed by atoms with Crippen molar-refractivity contribution in [2.75, 3.05) is 20.8 Å². The van der Waals surface area contributed by atoms with Crippen LogP contribution in [-0.4, -0.2) is 32.8 Å². The lowest BCUT2D eigenvalue weighted by molar-refractivity contribution is -0.146. The zero-order valence-electron chi connectivity index (χ0n) is 16.8. The molecule has 0 bridgehead atoms. The molecule has 0 N–H and O–H groups in total. The molecule has 27 heavy (non-hydrogen) atoms. The first-order chi connectivity index (χ1) is 12.9. The number of benzene rings is 1. The SMILES string of the molecule is CC=C(C)C(=O)OCC(=CC)C(=O)OC(CC)c1ccc(OC)c(OC)c1. The zero-order chi connectivity index (χ0) is 20.4. The maximum Gasteiger partial charge on any atom is 0.337 e. The van der Waals surface area contributed by atoms with Gasteiger partial charge in [-0.3, -0.25) is 0 Å². The molecular formula is C21H28O6. The minimum Gasteiger partial charge on any atom is -0.493 e. The summed E-state index contributed by atoms with van der Waals surface area (Å²) in [6.07, 6.45) is 3.36. The van der Waals surface area contributed by atoms with Crippen LogP contribution in [0.25, 0.3) is 0 Å². The highest BCUT2D eigenvalue weighted by atomic mass is 16.6. The van der Waals surface area contributed by atoms with Crippen molar-refractivity contribution in [3.63, 3.8) is 0 Å². The summed E-state index contributed by atoms with van der Waals surface area (Å²) >= 11 is 0. The van der Waals surface area contributed by atoms with Crippen LogP contribution in [0.5, 0.6) is 11.5 Å². The summed E-state index contributed by atoms with van der Waals surface area (Å²) in [5.41, 5.74) is 1.56. The van der Waals surface area contributed by atoms with Gasteiger partial charge in [-0.05, 0) is 44.9 Å². The van der Waals surface area contributed by atoms with Crippen molar-refractivity contribution in [2.24, 2.45) is 0 Å². The fourth-order valence-electron chi connectivity index (χ4n) is 2.28. The molecule has 1 rings (SSSR count). The third kappa shape index (κ3) is 6.16. The number of carbonyl (C=O) groups excluding carboxylic acids is 2. The second kappa shape index (κ2) is 11.1. The Labute approximate surface area is 160 Å². The molecule has 1 unspecified atom stereocenters. The number of hydrogen-bond acceptors (Lipinski definition) is 6. The van der Waals surface area contributed by atoms with Crippen LogP contribution in [0.2, 0.25) is 0 Å². The van der Waals surface area contributed by atoms with E-state index in [-0.39, 0.29) is 12.2 Å². The van der Waals surface area contributed by atoms with Gasteiger partial charge < -0.3 is 18.9 Å². The molecule has 0 amide bonds. The normalized spacial score (nSPS) is 13.0. The molecule has 0 aliphatic carbocycles. The number of esters is 2. The topological polar surface area (TPSA) is 71.1 Å². The van der Waals surface area contributed by atoms with Crippen molar-refractivity contribution >= 4 is 11.9 Å². The van der Waals surface area contributed by atoms with Crippen LogP contribution in [0.4, 0.5) is 0 Å². The lowest BCUT2D eigenvalue weighted by Crippen LogP contribution is -2.18. The van der Waals surface area contributed by atoms with Crippen LogP contribution >= 0.6 is 0 Å². The average Bonchev–Trinajstić information content (AvgIpc) is 2.70. The summed E-state index contributed by atoms with van der Waals surface area (Å²) in [5.74, 6) is 0.177. The number of ether oxygens (including phenoxy) is 4. The van der Waals surface area contributed by atoms with Crippen molar-refractivity contribution in [3.05, 3.63) is 47.1 Å². The number of allylic oxidation sites excluding steroid dienone is 2. The molecule has 0 saturated carbocycles. The monoisotopic (exact) mass is 376 g/mol. The predicted molar refractivity (Wildman–Crippen MR) is 103 cm³/mol. The van der Waals surface area contributed by atoms with E-state index in [4.69, 9.17) is 18.9 Å². The molecular weight excluding hydrogens is 348 g/mol. The quantitative estimate of drug-likeness (QED) is 0.476. The Bertz CT molecular complexity index is 717. The average molecular weight is 376 g/mol. The number of methoxy groups -OCH3 is 2. The van der Waals surface area contributed by atoms with Crippen LogP contribution < -0.4 is 9.47 Å². The third-order valence-electron chi connectivity index (χ3n) is 4.12. The summed E-state index contributed by atoms with van der Waals surface area (Å²) in [7, 11) is 3.11. The van der Waals surface area contributed by atoms with Gasteiger partial charge in [-0.1, -0.05) is 25.1 Å². The Hall–Kier alpha value is -2.76. The molecule has 1 aromatic rings. The highest BCUT2D eigenvalue weighted by Crippen LogP contribution is 2.32. The summed E-state index contributed by atoms with van der Waals surface area (Å²) in [5, 5.41) is 0. The van der Waals surface area contributed by atoms with Crippen LogP contribution in [0.15, 0.2) is 41.5 Å². The number of rotatable bonds is 9. The van der Waals surface area contributed by atoms with Gasteiger partial charge in [0.2, 0.25) is 0 Å². The first-order valence-corrected chi connectivity index (χ1v) is 8.79. The molecule has 6 nitrogen and oxygen atoms in total. The molecule has 0 heterocycles. The predicted octanol–water partition coefficient (Wildman–Crippen LogP) is 4.15. The van der Waals surface area contributed by atoms with E-state index in [0.29, 0.717) is 23.5 Å². The van der Waals surface area contributed by atoms with Gasteiger partial charge in [0.1, 0.15) is 12.7 Å². The Morgan fingerprint density at radius 1 is 1.04 bits per heavy atom. The maximum atomic E-state index is 12.5. The van der Waals surface area contributed by atoms with Crippen molar-refractivity contribution in [2.45, 2.75) is 40.2 Å². The Kier molecular flexibility index (Phi) is 9.13. The summed E-state index contributed by atoms with van der Waals surface area (Å²) in [4.78, 5) is 24.2. The van der Waals surface area contributed by atoms with Crippen LogP contribution in [-0.2, 0) is 19.1 Å². The fourth-order valence-corrected chi connectivity index (χ4v) is 2.28. The molecule has 0 saturated heterocycles. The van der Waals surface area contributed by atoms with E-state index in [2.05, 4.69) is 0 Å². The van der Waals surface area contributed by atoms with Gasteiger partial charge >= 0.3 is 11.9 Å².